The quantitative estimate of drug-likeness (QED) is 0.855. The van der Waals surface area contributed by atoms with Gasteiger partial charge in [-0.15, -0.1) is 5.10 Å². The van der Waals surface area contributed by atoms with Crippen LogP contribution < -0.4 is 4.90 Å². The van der Waals surface area contributed by atoms with Gasteiger partial charge in [0.25, 0.3) is 0 Å². The highest BCUT2D eigenvalue weighted by molar-refractivity contribution is 5.29. The Balaban J connectivity index is 2.08. The summed E-state index contributed by atoms with van der Waals surface area (Å²) in [5, 5.41) is 18.5. The molecule has 0 spiro atoms. The lowest BCUT2D eigenvalue weighted by Gasteiger charge is -2.28. The van der Waals surface area contributed by atoms with Crippen molar-refractivity contribution < 1.29 is 5.11 Å². The average Bonchev–Trinajstić information content (AvgIpc) is 2.69. The minimum absolute atomic E-state index is 0.573. The van der Waals surface area contributed by atoms with Gasteiger partial charge in [0.15, 0.2) is 0 Å². The first kappa shape index (κ1) is 12.2. The van der Waals surface area contributed by atoms with E-state index in [-0.39, 0.29) is 0 Å². The third kappa shape index (κ3) is 2.72. The first-order valence-corrected chi connectivity index (χ1v) is 6.12. The standard InChI is InChI=1S/C12H20N4O/c1-9-10(2)14-15-11(13-9)16(3)8-12(17)6-4-5-7-12/h17H,4-8H2,1-3H3. The number of anilines is 1. The van der Waals surface area contributed by atoms with Gasteiger partial charge in [0, 0.05) is 13.6 Å². The molecule has 1 saturated carbocycles. The molecule has 1 aliphatic carbocycles. The number of aromatic nitrogens is 3. The van der Waals surface area contributed by atoms with Gasteiger partial charge in [-0.05, 0) is 26.7 Å². The van der Waals surface area contributed by atoms with Crippen LogP contribution in [-0.4, -0.2) is 39.5 Å². The zero-order chi connectivity index (χ0) is 12.5. The topological polar surface area (TPSA) is 62.1 Å². The fraction of sp³-hybridized carbons (Fsp3) is 0.750. The predicted molar refractivity (Wildman–Crippen MR) is 66.0 cm³/mol. The lowest BCUT2D eigenvalue weighted by atomic mass is 10.0. The van der Waals surface area contributed by atoms with Crippen molar-refractivity contribution in [3.63, 3.8) is 0 Å². The van der Waals surface area contributed by atoms with Crippen molar-refractivity contribution in [1.29, 1.82) is 0 Å². The van der Waals surface area contributed by atoms with Gasteiger partial charge in [-0.2, -0.15) is 5.10 Å². The summed E-state index contributed by atoms with van der Waals surface area (Å²) >= 11 is 0. The highest BCUT2D eigenvalue weighted by Gasteiger charge is 2.32. The first-order chi connectivity index (χ1) is 8.00. The Morgan fingerprint density at radius 3 is 2.41 bits per heavy atom. The van der Waals surface area contributed by atoms with Crippen LogP contribution in [0.5, 0.6) is 0 Å². The molecule has 94 valence electrons. The van der Waals surface area contributed by atoms with Crippen LogP contribution >= 0.6 is 0 Å². The fourth-order valence-corrected chi connectivity index (χ4v) is 2.31. The lowest BCUT2D eigenvalue weighted by molar-refractivity contribution is 0.0556. The van der Waals surface area contributed by atoms with E-state index in [9.17, 15) is 5.11 Å². The lowest BCUT2D eigenvalue weighted by Crippen LogP contribution is -2.40. The second kappa shape index (κ2) is 4.56. The van der Waals surface area contributed by atoms with Gasteiger partial charge in [-0.25, -0.2) is 4.98 Å². The number of aliphatic hydroxyl groups is 1. The van der Waals surface area contributed by atoms with Crippen molar-refractivity contribution in [3.05, 3.63) is 11.4 Å². The molecule has 0 atom stereocenters. The van der Waals surface area contributed by atoms with E-state index in [1.54, 1.807) is 0 Å². The Hall–Kier alpha value is -1.23. The van der Waals surface area contributed by atoms with E-state index < -0.39 is 5.60 Å². The van der Waals surface area contributed by atoms with Crippen LogP contribution in [0.2, 0.25) is 0 Å². The number of hydrogen-bond donors (Lipinski definition) is 1. The summed E-state index contributed by atoms with van der Waals surface area (Å²) in [6.45, 7) is 4.40. The Kier molecular flexibility index (Phi) is 3.28. The van der Waals surface area contributed by atoms with Gasteiger partial charge in [0.1, 0.15) is 0 Å². The minimum atomic E-state index is -0.573. The average molecular weight is 236 g/mol. The maximum Gasteiger partial charge on any atom is 0.245 e. The Morgan fingerprint density at radius 1 is 1.18 bits per heavy atom. The van der Waals surface area contributed by atoms with Crippen molar-refractivity contribution in [3.8, 4) is 0 Å². The van der Waals surface area contributed by atoms with Crippen LogP contribution in [0, 0.1) is 13.8 Å². The molecule has 0 aromatic carbocycles. The van der Waals surface area contributed by atoms with Gasteiger partial charge in [-0.3, -0.25) is 0 Å². The summed E-state index contributed by atoms with van der Waals surface area (Å²) in [4.78, 5) is 6.28. The van der Waals surface area contributed by atoms with Crippen LogP contribution in [0.25, 0.3) is 0 Å². The van der Waals surface area contributed by atoms with Crippen molar-refractivity contribution in [2.75, 3.05) is 18.5 Å². The molecule has 0 aliphatic heterocycles. The van der Waals surface area contributed by atoms with Crippen molar-refractivity contribution in [2.45, 2.75) is 45.1 Å². The van der Waals surface area contributed by atoms with Gasteiger partial charge >= 0.3 is 0 Å². The highest BCUT2D eigenvalue weighted by atomic mass is 16.3. The molecule has 0 bridgehead atoms. The van der Waals surface area contributed by atoms with Crippen LogP contribution in [0.1, 0.15) is 37.1 Å². The van der Waals surface area contributed by atoms with Crippen LogP contribution in [0.4, 0.5) is 5.95 Å². The molecule has 1 aliphatic rings. The van der Waals surface area contributed by atoms with Gasteiger partial charge in [0.2, 0.25) is 5.95 Å². The van der Waals surface area contributed by atoms with Crippen molar-refractivity contribution in [1.82, 2.24) is 15.2 Å². The molecule has 1 fully saturated rings. The van der Waals surface area contributed by atoms with Gasteiger partial charge in [-0.1, -0.05) is 12.8 Å². The van der Waals surface area contributed by atoms with Crippen LogP contribution in [-0.2, 0) is 0 Å². The summed E-state index contributed by atoms with van der Waals surface area (Å²) in [5.74, 6) is 0.591. The number of hydrogen-bond acceptors (Lipinski definition) is 5. The van der Waals surface area contributed by atoms with Gasteiger partial charge in [0.05, 0.1) is 17.0 Å². The fourth-order valence-electron chi connectivity index (χ4n) is 2.31. The number of nitrogens with zero attached hydrogens (tertiary/aromatic N) is 4. The maximum absolute atomic E-state index is 10.3. The number of rotatable bonds is 3. The summed E-state index contributed by atoms with van der Waals surface area (Å²) < 4.78 is 0. The molecule has 1 aromatic heterocycles. The molecule has 0 unspecified atom stereocenters. The van der Waals surface area contributed by atoms with E-state index in [1.165, 1.54) is 0 Å². The predicted octanol–water partition coefficient (Wildman–Crippen LogP) is 1.23. The molecule has 2 rings (SSSR count). The molecule has 5 nitrogen and oxygen atoms in total. The Labute approximate surface area is 102 Å². The zero-order valence-corrected chi connectivity index (χ0v) is 10.8. The van der Waals surface area contributed by atoms with Crippen molar-refractivity contribution >= 4 is 5.95 Å². The highest BCUT2D eigenvalue weighted by Crippen LogP contribution is 2.30. The minimum Gasteiger partial charge on any atom is -0.388 e. The van der Waals surface area contributed by atoms with E-state index in [0.29, 0.717) is 12.5 Å². The number of likely N-dealkylation sites (N-methyl/N-ethyl adjacent to an activating group) is 1. The molecule has 0 saturated heterocycles. The van der Waals surface area contributed by atoms with E-state index >= 15 is 0 Å². The maximum atomic E-state index is 10.3. The Morgan fingerprint density at radius 2 is 1.82 bits per heavy atom. The SMILES string of the molecule is Cc1nnc(N(C)CC2(O)CCCC2)nc1C. The molecular weight excluding hydrogens is 216 g/mol. The largest absolute Gasteiger partial charge is 0.388 e. The van der Waals surface area contributed by atoms with E-state index in [2.05, 4.69) is 15.2 Å². The smallest absolute Gasteiger partial charge is 0.245 e. The summed E-state index contributed by atoms with van der Waals surface area (Å²) in [6, 6.07) is 0. The molecule has 1 heterocycles. The van der Waals surface area contributed by atoms with E-state index in [4.69, 9.17) is 0 Å². The molecule has 0 amide bonds. The monoisotopic (exact) mass is 236 g/mol. The van der Waals surface area contributed by atoms with E-state index in [0.717, 1.165) is 37.1 Å². The second-order valence-corrected chi connectivity index (χ2v) is 5.07. The molecule has 5 heteroatoms. The molecule has 17 heavy (non-hydrogen) atoms. The third-order valence-electron chi connectivity index (χ3n) is 3.49. The summed E-state index contributed by atoms with van der Waals surface area (Å²) in [6.07, 6.45) is 3.96. The van der Waals surface area contributed by atoms with Gasteiger partial charge < -0.3 is 10.0 Å². The van der Waals surface area contributed by atoms with Crippen LogP contribution in [0.15, 0.2) is 0 Å². The molecule has 1 aromatic rings. The zero-order valence-electron chi connectivity index (χ0n) is 10.8. The normalized spacial score (nSPS) is 18.4. The summed E-state index contributed by atoms with van der Waals surface area (Å²) in [7, 11) is 1.90. The molecule has 1 N–H and O–H groups in total. The molecule has 0 radical (unpaired) electrons. The Bertz CT molecular complexity index is 401. The van der Waals surface area contributed by atoms with Crippen molar-refractivity contribution in [2.24, 2.45) is 0 Å². The summed E-state index contributed by atoms with van der Waals surface area (Å²) in [5.41, 5.74) is 1.17. The first-order valence-electron chi connectivity index (χ1n) is 6.12. The van der Waals surface area contributed by atoms with E-state index in [1.807, 2.05) is 25.8 Å². The third-order valence-corrected chi connectivity index (χ3v) is 3.49. The molecular formula is C12H20N4O. The number of aryl methyl sites for hydroxylation is 2. The second-order valence-electron chi connectivity index (χ2n) is 5.07. The van der Waals surface area contributed by atoms with Crippen LogP contribution in [0.3, 0.4) is 0 Å².